The van der Waals surface area contributed by atoms with E-state index in [0.29, 0.717) is 35.9 Å². The van der Waals surface area contributed by atoms with Crippen LogP contribution in [0.4, 0.5) is 0 Å². The Hall–Kier alpha value is -3.07. The van der Waals surface area contributed by atoms with Gasteiger partial charge in [-0.2, -0.15) is 0 Å². The highest BCUT2D eigenvalue weighted by molar-refractivity contribution is 5.95. The number of likely N-dealkylation sites (N-methyl/N-ethyl adjacent to an activating group) is 2. The minimum atomic E-state index is -0.382. The second-order valence-electron chi connectivity index (χ2n) is 7.12. The summed E-state index contributed by atoms with van der Waals surface area (Å²) in [5, 5.41) is 3.89. The Morgan fingerprint density at radius 1 is 1.13 bits per heavy atom. The largest absolute Gasteiger partial charge is 0.497 e. The predicted octanol–water partition coefficient (Wildman–Crippen LogP) is 1.59. The smallest absolute Gasteiger partial charge is 0.276 e. The normalized spacial score (nSPS) is 14.5. The quantitative estimate of drug-likeness (QED) is 0.677. The SMILES string of the molecule is CCN1CCN(C(=O)CN(C)C(=O)c2cc(-c3cc(OC)ccc3OC)on2)CC1. The van der Waals surface area contributed by atoms with Gasteiger partial charge >= 0.3 is 0 Å². The van der Waals surface area contributed by atoms with Crippen LogP contribution in [0.5, 0.6) is 11.5 Å². The number of amides is 2. The molecular formula is C21H28N4O5. The summed E-state index contributed by atoms with van der Waals surface area (Å²) in [5.41, 5.74) is 0.747. The molecule has 1 aromatic heterocycles. The first-order valence-corrected chi connectivity index (χ1v) is 9.91. The van der Waals surface area contributed by atoms with Crippen molar-refractivity contribution in [3.8, 4) is 22.8 Å². The summed E-state index contributed by atoms with van der Waals surface area (Å²) in [5.74, 6) is 1.12. The average molecular weight is 416 g/mol. The van der Waals surface area contributed by atoms with E-state index < -0.39 is 0 Å². The van der Waals surface area contributed by atoms with Crippen molar-refractivity contribution in [3.05, 3.63) is 30.0 Å². The molecule has 0 atom stereocenters. The Balaban J connectivity index is 1.67. The van der Waals surface area contributed by atoms with Gasteiger partial charge in [-0.15, -0.1) is 0 Å². The van der Waals surface area contributed by atoms with Crippen LogP contribution >= 0.6 is 0 Å². The summed E-state index contributed by atoms with van der Waals surface area (Å²) >= 11 is 0. The maximum absolute atomic E-state index is 12.8. The monoisotopic (exact) mass is 416 g/mol. The second kappa shape index (κ2) is 9.62. The lowest BCUT2D eigenvalue weighted by Gasteiger charge is -2.34. The molecule has 2 heterocycles. The van der Waals surface area contributed by atoms with Crippen molar-refractivity contribution in [2.45, 2.75) is 6.92 Å². The van der Waals surface area contributed by atoms with Crippen molar-refractivity contribution in [1.29, 1.82) is 0 Å². The van der Waals surface area contributed by atoms with Crippen LogP contribution in [0, 0.1) is 0 Å². The van der Waals surface area contributed by atoms with E-state index in [2.05, 4.69) is 17.0 Å². The third-order valence-electron chi connectivity index (χ3n) is 5.29. The van der Waals surface area contributed by atoms with E-state index in [-0.39, 0.29) is 24.1 Å². The lowest BCUT2D eigenvalue weighted by molar-refractivity contribution is -0.133. The Labute approximate surface area is 176 Å². The minimum Gasteiger partial charge on any atom is -0.497 e. The molecule has 0 saturated carbocycles. The number of rotatable bonds is 7. The number of aromatic nitrogens is 1. The third-order valence-corrected chi connectivity index (χ3v) is 5.29. The zero-order valence-electron chi connectivity index (χ0n) is 17.9. The van der Waals surface area contributed by atoms with Crippen molar-refractivity contribution < 1.29 is 23.6 Å². The fourth-order valence-electron chi connectivity index (χ4n) is 3.39. The number of hydrogen-bond acceptors (Lipinski definition) is 7. The minimum absolute atomic E-state index is 0.00433. The second-order valence-corrected chi connectivity index (χ2v) is 7.12. The van der Waals surface area contributed by atoms with Crippen LogP contribution in [-0.4, -0.2) is 92.2 Å². The van der Waals surface area contributed by atoms with Crippen LogP contribution < -0.4 is 9.47 Å². The van der Waals surface area contributed by atoms with Gasteiger partial charge in [-0.05, 0) is 24.7 Å². The number of nitrogens with zero attached hydrogens (tertiary/aromatic N) is 4. The molecule has 0 spiro atoms. The lowest BCUT2D eigenvalue weighted by Crippen LogP contribution is -2.51. The van der Waals surface area contributed by atoms with Gasteiger partial charge in [0.2, 0.25) is 5.91 Å². The van der Waals surface area contributed by atoms with Gasteiger partial charge in [0.05, 0.1) is 26.3 Å². The Kier molecular flexibility index (Phi) is 6.94. The van der Waals surface area contributed by atoms with Gasteiger partial charge in [0.1, 0.15) is 11.5 Å². The zero-order chi connectivity index (χ0) is 21.7. The lowest BCUT2D eigenvalue weighted by atomic mass is 10.1. The van der Waals surface area contributed by atoms with E-state index in [1.54, 1.807) is 50.4 Å². The highest BCUT2D eigenvalue weighted by Gasteiger charge is 2.25. The molecule has 9 nitrogen and oxygen atoms in total. The number of benzene rings is 1. The molecule has 0 unspecified atom stereocenters. The molecule has 1 aliphatic rings. The van der Waals surface area contributed by atoms with Gasteiger partial charge in [-0.3, -0.25) is 9.59 Å². The summed E-state index contributed by atoms with van der Waals surface area (Å²) in [6.07, 6.45) is 0. The maximum Gasteiger partial charge on any atom is 0.276 e. The van der Waals surface area contributed by atoms with E-state index in [1.807, 2.05) is 0 Å². The third kappa shape index (κ3) is 4.73. The van der Waals surface area contributed by atoms with Crippen LogP contribution in [0.15, 0.2) is 28.8 Å². The Morgan fingerprint density at radius 3 is 2.50 bits per heavy atom. The topological polar surface area (TPSA) is 88.4 Å². The molecule has 9 heteroatoms. The molecule has 1 aliphatic heterocycles. The van der Waals surface area contributed by atoms with E-state index in [0.717, 1.165) is 19.6 Å². The molecule has 0 N–H and O–H groups in total. The predicted molar refractivity (Wildman–Crippen MR) is 111 cm³/mol. The van der Waals surface area contributed by atoms with Crippen LogP contribution in [-0.2, 0) is 4.79 Å². The van der Waals surface area contributed by atoms with E-state index in [1.165, 1.54) is 4.90 Å². The summed E-state index contributed by atoms with van der Waals surface area (Å²) in [7, 11) is 4.70. The first-order chi connectivity index (χ1) is 14.5. The molecule has 2 aromatic rings. The highest BCUT2D eigenvalue weighted by Crippen LogP contribution is 2.33. The molecular weight excluding hydrogens is 388 g/mol. The fourth-order valence-corrected chi connectivity index (χ4v) is 3.39. The van der Waals surface area contributed by atoms with Crippen LogP contribution in [0.2, 0.25) is 0 Å². The van der Waals surface area contributed by atoms with Crippen molar-refractivity contribution in [2.75, 3.05) is 60.5 Å². The van der Waals surface area contributed by atoms with Crippen molar-refractivity contribution in [1.82, 2.24) is 19.9 Å². The van der Waals surface area contributed by atoms with Gasteiger partial charge in [-0.1, -0.05) is 12.1 Å². The van der Waals surface area contributed by atoms with Gasteiger partial charge < -0.3 is 28.7 Å². The molecule has 30 heavy (non-hydrogen) atoms. The first kappa shape index (κ1) is 21.6. The number of hydrogen-bond donors (Lipinski definition) is 0. The molecule has 1 saturated heterocycles. The number of ether oxygens (including phenoxy) is 2. The highest BCUT2D eigenvalue weighted by atomic mass is 16.5. The molecule has 0 bridgehead atoms. The van der Waals surface area contributed by atoms with E-state index >= 15 is 0 Å². The van der Waals surface area contributed by atoms with E-state index in [4.69, 9.17) is 14.0 Å². The molecule has 0 aliphatic carbocycles. The molecule has 3 rings (SSSR count). The zero-order valence-corrected chi connectivity index (χ0v) is 17.9. The summed E-state index contributed by atoms with van der Waals surface area (Å²) in [6, 6.07) is 6.81. The Morgan fingerprint density at radius 2 is 1.87 bits per heavy atom. The van der Waals surface area contributed by atoms with Gasteiger partial charge in [-0.25, -0.2) is 0 Å². The van der Waals surface area contributed by atoms with Crippen molar-refractivity contribution in [2.24, 2.45) is 0 Å². The van der Waals surface area contributed by atoms with Crippen molar-refractivity contribution in [3.63, 3.8) is 0 Å². The first-order valence-electron chi connectivity index (χ1n) is 9.91. The number of piperazine rings is 1. The molecule has 1 fully saturated rings. The Bertz CT molecular complexity index is 889. The summed E-state index contributed by atoms with van der Waals surface area (Å²) in [6.45, 7) is 6.15. The van der Waals surface area contributed by atoms with Crippen LogP contribution in [0.25, 0.3) is 11.3 Å². The van der Waals surface area contributed by atoms with Crippen LogP contribution in [0.1, 0.15) is 17.4 Å². The molecule has 1 aromatic carbocycles. The van der Waals surface area contributed by atoms with Crippen molar-refractivity contribution >= 4 is 11.8 Å². The van der Waals surface area contributed by atoms with E-state index in [9.17, 15) is 9.59 Å². The summed E-state index contributed by atoms with van der Waals surface area (Å²) in [4.78, 5) is 30.8. The maximum atomic E-state index is 12.8. The summed E-state index contributed by atoms with van der Waals surface area (Å²) < 4.78 is 16.0. The molecule has 2 amide bonds. The average Bonchev–Trinajstić information content (AvgIpc) is 3.28. The number of carbonyl (C=O) groups is 2. The molecule has 0 radical (unpaired) electrons. The van der Waals surface area contributed by atoms with Gasteiger partial charge in [0.25, 0.3) is 5.91 Å². The molecule has 162 valence electrons. The van der Waals surface area contributed by atoms with Gasteiger partial charge in [0, 0.05) is 39.3 Å². The number of carbonyl (C=O) groups excluding carboxylic acids is 2. The van der Waals surface area contributed by atoms with Crippen LogP contribution in [0.3, 0.4) is 0 Å². The number of methoxy groups -OCH3 is 2. The standard InChI is InChI=1S/C21H28N4O5/c1-5-24-8-10-25(11-9-24)20(26)14-23(2)21(27)17-13-19(30-22-17)16-12-15(28-3)6-7-18(16)29-4/h6-7,12-13H,5,8-11,14H2,1-4H3. The van der Waals surface area contributed by atoms with Gasteiger partial charge in [0.15, 0.2) is 11.5 Å². The fraction of sp³-hybridized carbons (Fsp3) is 0.476.